The first-order valence-electron chi connectivity index (χ1n) is 6.67. The van der Waals surface area contributed by atoms with E-state index < -0.39 is 0 Å². The summed E-state index contributed by atoms with van der Waals surface area (Å²) in [5, 5.41) is 0. The Hall–Kier alpha value is -0.0900. The molecule has 1 aliphatic rings. The molecule has 0 N–H and O–H groups in total. The van der Waals surface area contributed by atoms with Crippen molar-refractivity contribution >= 4 is 22.6 Å². The molecule has 1 nitrogen and oxygen atoms in total. The van der Waals surface area contributed by atoms with Gasteiger partial charge < -0.3 is 4.90 Å². The first kappa shape index (κ1) is 13.3. The molecule has 0 radical (unpaired) electrons. The lowest BCUT2D eigenvalue weighted by molar-refractivity contribution is 0.228. The number of nitrogens with zero attached hydrogens (tertiary/aromatic N) is 1. The van der Waals surface area contributed by atoms with E-state index in [2.05, 4.69) is 58.8 Å². The van der Waals surface area contributed by atoms with Gasteiger partial charge >= 0.3 is 0 Å². The van der Waals surface area contributed by atoms with Crippen molar-refractivity contribution < 1.29 is 0 Å². The van der Waals surface area contributed by atoms with Crippen molar-refractivity contribution in [3.05, 3.63) is 33.4 Å². The Bertz CT molecular complexity index is 327. The fraction of sp³-hybridized carbons (Fsp3) is 0.600. The van der Waals surface area contributed by atoms with Crippen molar-refractivity contribution in [2.75, 3.05) is 13.6 Å². The van der Waals surface area contributed by atoms with Crippen LogP contribution >= 0.6 is 22.6 Å². The zero-order valence-electron chi connectivity index (χ0n) is 10.7. The number of hydrogen-bond acceptors (Lipinski definition) is 1. The summed E-state index contributed by atoms with van der Waals surface area (Å²) in [5.74, 6) is 0.942. The maximum Gasteiger partial charge on any atom is 0.0230 e. The molecule has 1 fully saturated rings. The Morgan fingerprint density at radius 2 is 1.76 bits per heavy atom. The minimum Gasteiger partial charge on any atom is -0.302 e. The summed E-state index contributed by atoms with van der Waals surface area (Å²) >= 11 is 2.36. The molecule has 0 aliphatic heterocycles. The van der Waals surface area contributed by atoms with E-state index in [4.69, 9.17) is 0 Å². The summed E-state index contributed by atoms with van der Waals surface area (Å²) in [4.78, 5) is 2.48. The highest BCUT2D eigenvalue weighted by molar-refractivity contribution is 14.1. The van der Waals surface area contributed by atoms with E-state index in [1.165, 1.54) is 47.8 Å². The molecular weight excluding hydrogens is 321 g/mol. The maximum absolute atomic E-state index is 2.48. The highest BCUT2D eigenvalue weighted by atomic mass is 127. The minimum absolute atomic E-state index is 0.942. The van der Waals surface area contributed by atoms with E-state index >= 15 is 0 Å². The SMILES string of the molecule is CN(Cc1ccc(I)cc1)CC1CCCCC1. The standard InChI is InChI=1S/C15H22IN/c1-17(11-13-5-3-2-4-6-13)12-14-7-9-15(16)10-8-14/h7-10,13H,2-6,11-12H2,1H3. The second kappa shape index (κ2) is 6.74. The summed E-state index contributed by atoms with van der Waals surface area (Å²) < 4.78 is 1.32. The van der Waals surface area contributed by atoms with E-state index in [0.29, 0.717) is 0 Å². The first-order valence-corrected chi connectivity index (χ1v) is 7.75. The lowest BCUT2D eigenvalue weighted by Crippen LogP contribution is -2.26. The van der Waals surface area contributed by atoms with Gasteiger partial charge in [-0.1, -0.05) is 31.4 Å². The minimum atomic E-state index is 0.942. The zero-order valence-corrected chi connectivity index (χ0v) is 12.8. The summed E-state index contributed by atoms with van der Waals surface area (Å²) in [6.07, 6.45) is 7.23. The lowest BCUT2D eigenvalue weighted by atomic mass is 9.89. The van der Waals surface area contributed by atoms with Gasteiger partial charge in [0.05, 0.1) is 0 Å². The Kier molecular flexibility index (Phi) is 5.29. The van der Waals surface area contributed by atoms with Crippen LogP contribution in [0.4, 0.5) is 0 Å². The molecule has 1 aliphatic carbocycles. The van der Waals surface area contributed by atoms with E-state index in [1.54, 1.807) is 0 Å². The maximum atomic E-state index is 2.48. The van der Waals surface area contributed by atoms with E-state index in [9.17, 15) is 0 Å². The van der Waals surface area contributed by atoms with Gasteiger partial charge in [-0.15, -0.1) is 0 Å². The van der Waals surface area contributed by atoms with E-state index in [-0.39, 0.29) is 0 Å². The van der Waals surface area contributed by atoms with Gasteiger partial charge in [0.2, 0.25) is 0 Å². The van der Waals surface area contributed by atoms with Crippen molar-refractivity contribution in [2.45, 2.75) is 38.6 Å². The fourth-order valence-electron chi connectivity index (χ4n) is 2.78. The normalized spacial score (nSPS) is 17.6. The van der Waals surface area contributed by atoms with Gasteiger partial charge in [0.1, 0.15) is 0 Å². The van der Waals surface area contributed by atoms with Gasteiger partial charge in [-0.25, -0.2) is 0 Å². The smallest absolute Gasteiger partial charge is 0.0230 e. The second-order valence-electron chi connectivity index (χ2n) is 5.33. The molecule has 2 heteroatoms. The lowest BCUT2D eigenvalue weighted by Gasteiger charge is -2.27. The molecule has 0 unspecified atom stereocenters. The molecule has 0 bridgehead atoms. The average molecular weight is 343 g/mol. The molecule has 0 heterocycles. The first-order chi connectivity index (χ1) is 8.24. The van der Waals surface area contributed by atoms with Crippen LogP contribution in [0.1, 0.15) is 37.7 Å². The predicted molar refractivity (Wildman–Crippen MR) is 82.1 cm³/mol. The van der Waals surface area contributed by atoms with Crippen LogP contribution in [0.25, 0.3) is 0 Å². The number of benzene rings is 1. The molecule has 0 atom stereocenters. The third-order valence-corrected chi connectivity index (χ3v) is 4.38. The predicted octanol–water partition coefficient (Wildman–Crippen LogP) is 4.30. The highest BCUT2D eigenvalue weighted by Gasteiger charge is 2.15. The Labute approximate surface area is 119 Å². The van der Waals surface area contributed by atoms with E-state index in [0.717, 1.165) is 12.5 Å². The van der Waals surface area contributed by atoms with Gasteiger partial charge in [0.25, 0.3) is 0 Å². The topological polar surface area (TPSA) is 3.24 Å². The summed E-state index contributed by atoms with van der Waals surface area (Å²) in [6, 6.07) is 8.90. The summed E-state index contributed by atoms with van der Waals surface area (Å²) in [5.41, 5.74) is 1.43. The van der Waals surface area contributed by atoms with Crippen LogP contribution < -0.4 is 0 Å². The molecule has 0 aromatic heterocycles. The molecular formula is C15H22IN. The molecule has 1 aromatic rings. The van der Waals surface area contributed by atoms with Crippen molar-refractivity contribution in [1.82, 2.24) is 4.90 Å². The Morgan fingerprint density at radius 3 is 2.41 bits per heavy atom. The van der Waals surface area contributed by atoms with Crippen LogP contribution in [0.2, 0.25) is 0 Å². The molecule has 0 spiro atoms. The van der Waals surface area contributed by atoms with Crippen molar-refractivity contribution in [2.24, 2.45) is 5.92 Å². The average Bonchev–Trinajstić information content (AvgIpc) is 2.33. The van der Waals surface area contributed by atoms with Crippen molar-refractivity contribution in [3.8, 4) is 0 Å². The number of hydrogen-bond donors (Lipinski definition) is 0. The zero-order chi connectivity index (χ0) is 12.1. The highest BCUT2D eigenvalue weighted by Crippen LogP contribution is 2.24. The molecule has 17 heavy (non-hydrogen) atoms. The number of halogens is 1. The summed E-state index contributed by atoms with van der Waals surface area (Å²) in [6.45, 7) is 2.36. The third kappa shape index (κ3) is 4.59. The van der Waals surface area contributed by atoms with Gasteiger partial charge in [0, 0.05) is 16.7 Å². The van der Waals surface area contributed by atoms with Gasteiger partial charge in [-0.05, 0) is 66.1 Å². The molecule has 1 aromatic carbocycles. The molecule has 0 saturated heterocycles. The fourth-order valence-corrected chi connectivity index (χ4v) is 3.14. The number of rotatable bonds is 4. The van der Waals surface area contributed by atoms with Crippen LogP contribution in [0.3, 0.4) is 0 Å². The van der Waals surface area contributed by atoms with Crippen LogP contribution in [-0.2, 0) is 6.54 Å². The Morgan fingerprint density at radius 1 is 1.12 bits per heavy atom. The van der Waals surface area contributed by atoms with Crippen LogP contribution in [0.5, 0.6) is 0 Å². The van der Waals surface area contributed by atoms with Gasteiger partial charge in [0.15, 0.2) is 0 Å². The quantitative estimate of drug-likeness (QED) is 0.737. The second-order valence-corrected chi connectivity index (χ2v) is 6.57. The third-order valence-electron chi connectivity index (χ3n) is 3.66. The van der Waals surface area contributed by atoms with Crippen LogP contribution in [0.15, 0.2) is 24.3 Å². The largest absolute Gasteiger partial charge is 0.302 e. The van der Waals surface area contributed by atoms with Gasteiger partial charge in [-0.2, -0.15) is 0 Å². The van der Waals surface area contributed by atoms with Crippen LogP contribution in [-0.4, -0.2) is 18.5 Å². The molecule has 0 amide bonds. The van der Waals surface area contributed by atoms with Crippen molar-refractivity contribution in [3.63, 3.8) is 0 Å². The van der Waals surface area contributed by atoms with Crippen LogP contribution in [0, 0.1) is 9.49 Å². The van der Waals surface area contributed by atoms with Gasteiger partial charge in [-0.3, -0.25) is 0 Å². The molecule has 1 saturated carbocycles. The van der Waals surface area contributed by atoms with E-state index in [1.807, 2.05) is 0 Å². The monoisotopic (exact) mass is 343 g/mol. The molecule has 2 rings (SSSR count). The summed E-state index contributed by atoms with van der Waals surface area (Å²) in [7, 11) is 2.26. The molecule has 94 valence electrons. The van der Waals surface area contributed by atoms with Crippen molar-refractivity contribution in [1.29, 1.82) is 0 Å². The Balaban J connectivity index is 1.79.